The van der Waals surface area contributed by atoms with Gasteiger partial charge in [-0.15, -0.1) is 0 Å². The number of aromatic nitrogens is 1. The first-order valence-electron chi connectivity index (χ1n) is 16.1. The van der Waals surface area contributed by atoms with E-state index in [1.807, 2.05) is 24.5 Å². The number of carbonyl (C=O) groups excluding carboxylic acids is 1. The molecular weight excluding hydrogens is 542 g/mol. The fraction of sp³-hybridized carbons (Fsp3) is 0.436. The maximum Gasteiger partial charge on any atom is 0.130 e. The van der Waals surface area contributed by atoms with Crippen molar-refractivity contribution in [3.05, 3.63) is 102 Å². The van der Waals surface area contributed by atoms with Gasteiger partial charge in [-0.25, -0.2) is 0 Å². The summed E-state index contributed by atoms with van der Waals surface area (Å²) in [5.41, 5.74) is 14.6. The van der Waals surface area contributed by atoms with Gasteiger partial charge in [-0.1, -0.05) is 63.6 Å². The van der Waals surface area contributed by atoms with Gasteiger partial charge in [0.15, 0.2) is 0 Å². The molecule has 1 aliphatic rings. The van der Waals surface area contributed by atoms with Crippen molar-refractivity contribution in [2.45, 2.75) is 92.9 Å². The Morgan fingerprint density at radius 3 is 2.34 bits per heavy atom. The highest BCUT2D eigenvalue weighted by molar-refractivity contribution is 5.95. The highest BCUT2D eigenvalue weighted by Crippen LogP contribution is 2.40. The molecule has 0 unspecified atom stereocenters. The molecule has 3 aromatic rings. The standard InChI is InChI=1S/C25H37NO.C12H13NO.C2H5N/c1-7-24(16-18(2)3)26-14-12-20(5)25(21(6)23-13-15-27-17-23)22-10-8-19(4)9-11-22;1-9(14)6-7-11-8-10-4-2-3-5-12(10)13-11;1-2-3/h13,15-17,19,22H,5,7-12,14H2,1-4,6H3;2-5,8,13H,6-7H2,1H3;2H,1,3H2/b25-21-,26-24?;;. The second-order valence-electron chi connectivity index (χ2n) is 12.1. The molecule has 0 aliphatic heterocycles. The number of allylic oxidation sites excluding steroid dienone is 4. The second-order valence-corrected chi connectivity index (χ2v) is 12.1. The molecule has 4 rings (SSSR count). The van der Waals surface area contributed by atoms with Crippen molar-refractivity contribution >= 4 is 28.0 Å². The summed E-state index contributed by atoms with van der Waals surface area (Å²) in [4.78, 5) is 18.9. The lowest BCUT2D eigenvalue weighted by atomic mass is 9.75. The minimum Gasteiger partial charge on any atom is -0.472 e. The van der Waals surface area contributed by atoms with Crippen molar-refractivity contribution in [3.63, 3.8) is 0 Å². The predicted molar refractivity (Wildman–Crippen MR) is 190 cm³/mol. The summed E-state index contributed by atoms with van der Waals surface area (Å²) in [6, 6.07) is 12.3. The summed E-state index contributed by atoms with van der Waals surface area (Å²) in [6.07, 6.45) is 15.6. The first kappa shape index (κ1) is 36.3. The number of para-hydroxylation sites is 1. The highest BCUT2D eigenvalue weighted by atomic mass is 16.3. The number of fused-ring (bicyclic) bond motifs is 1. The number of aliphatic imine (C=N–C) groups is 1. The molecular formula is C39H55N3O2. The lowest BCUT2D eigenvalue weighted by molar-refractivity contribution is -0.117. The number of carbonyl (C=O) groups is 1. The summed E-state index contributed by atoms with van der Waals surface area (Å²) < 4.78 is 5.34. The van der Waals surface area contributed by atoms with Crippen LogP contribution in [0.1, 0.15) is 97.7 Å². The van der Waals surface area contributed by atoms with Crippen LogP contribution in [0.2, 0.25) is 0 Å². The average molecular weight is 598 g/mol. The number of aromatic amines is 1. The van der Waals surface area contributed by atoms with E-state index in [4.69, 9.17) is 9.41 Å². The van der Waals surface area contributed by atoms with Crippen molar-refractivity contribution in [2.75, 3.05) is 6.54 Å². The zero-order valence-corrected chi connectivity index (χ0v) is 28.0. The summed E-state index contributed by atoms with van der Waals surface area (Å²) in [5, 5.41) is 1.21. The topological polar surface area (TPSA) is 84.4 Å². The number of nitrogens with two attached hydrogens (primary N) is 1. The third-order valence-corrected chi connectivity index (χ3v) is 8.04. The van der Waals surface area contributed by atoms with Crippen molar-refractivity contribution in [1.82, 2.24) is 4.98 Å². The Morgan fingerprint density at radius 1 is 1.09 bits per heavy atom. The van der Waals surface area contributed by atoms with Gasteiger partial charge in [0.05, 0.1) is 12.5 Å². The Bertz CT molecular complexity index is 1370. The van der Waals surface area contributed by atoms with Crippen molar-refractivity contribution in [1.29, 1.82) is 0 Å². The highest BCUT2D eigenvalue weighted by Gasteiger charge is 2.25. The molecule has 1 aliphatic carbocycles. The first-order valence-corrected chi connectivity index (χ1v) is 16.1. The Hall–Kier alpha value is -3.86. The van der Waals surface area contributed by atoms with Crippen molar-refractivity contribution < 1.29 is 9.21 Å². The van der Waals surface area contributed by atoms with Crippen LogP contribution in [0.5, 0.6) is 0 Å². The molecule has 1 fully saturated rings. The van der Waals surface area contributed by atoms with Crippen LogP contribution in [0.15, 0.2) is 100 Å². The summed E-state index contributed by atoms with van der Waals surface area (Å²) in [7, 11) is 0. The van der Waals surface area contributed by atoms with Gasteiger partial charge in [0, 0.05) is 35.5 Å². The lowest BCUT2D eigenvalue weighted by Crippen LogP contribution is -2.16. The molecule has 5 nitrogen and oxygen atoms in total. The Morgan fingerprint density at radius 2 is 1.77 bits per heavy atom. The van der Waals surface area contributed by atoms with E-state index in [0.29, 0.717) is 12.3 Å². The molecule has 44 heavy (non-hydrogen) atoms. The van der Waals surface area contributed by atoms with Crippen LogP contribution in [0, 0.1) is 11.8 Å². The average Bonchev–Trinajstić information content (AvgIpc) is 3.68. The number of ketones is 1. The molecule has 0 radical (unpaired) electrons. The van der Waals surface area contributed by atoms with E-state index >= 15 is 0 Å². The number of rotatable bonds is 11. The molecule has 1 aromatic carbocycles. The SMILES string of the molecule is C=C(CCN=C(C=C(C)C)CC)/C(=C(\C)c1ccoc1)C1CCC(C)CC1.C=CN.CC(=O)CCc1cc2ccccc2[nH]1. The molecule has 0 atom stereocenters. The van der Waals surface area contributed by atoms with Crippen LogP contribution in [-0.4, -0.2) is 23.0 Å². The van der Waals surface area contributed by atoms with E-state index in [1.165, 1.54) is 70.8 Å². The number of aryl methyl sites for hydroxylation is 1. The van der Waals surface area contributed by atoms with Gasteiger partial charge >= 0.3 is 0 Å². The van der Waals surface area contributed by atoms with Gasteiger partial charge in [0.1, 0.15) is 5.78 Å². The second kappa shape index (κ2) is 19.4. The number of nitrogens with zero attached hydrogens (tertiary/aromatic N) is 1. The van der Waals surface area contributed by atoms with Crippen LogP contribution >= 0.6 is 0 Å². The van der Waals surface area contributed by atoms with Gasteiger partial charge in [0.25, 0.3) is 0 Å². The zero-order valence-electron chi connectivity index (χ0n) is 28.0. The van der Waals surface area contributed by atoms with Gasteiger partial charge in [-0.3, -0.25) is 4.99 Å². The van der Waals surface area contributed by atoms with Gasteiger partial charge < -0.3 is 19.9 Å². The fourth-order valence-corrected chi connectivity index (χ4v) is 5.68. The Labute approximate surface area is 266 Å². The number of H-pyrrole nitrogens is 1. The third-order valence-electron chi connectivity index (χ3n) is 8.04. The molecule has 0 spiro atoms. The summed E-state index contributed by atoms with van der Waals surface area (Å²) >= 11 is 0. The Kier molecular flexibility index (Phi) is 16.0. The number of hydrogen-bond acceptors (Lipinski definition) is 4. The first-order chi connectivity index (χ1) is 21.1. The molecule has 1 saturated carbocycles. The molecule has 0 saturated heterocycles. The predicted octanol–water partition coefficient (Wildman–Crippen LogP) is 10.4. The monoisotopic (exact) mass is 597 g/mol. The van der Waals surface area contributed by atoms with Gasteiger partial charge in [-0.05, 0) is 124 Å². The fourth-order valence-electron chi connectivity index (χ4n) is 5.68. The molecule has 0 amide bonds. The maximum atomic E-state index is 10.8. The van der Waals surface area contributed by atoms with Crippen LogP contribution in [0.4, 0.5) is 0 Å². The molecule has 2 aromatic heterocycles. The zero-order chi connectivity index (χ0) is 32.5. The van der Waals surface area contributed by atoms with E-state index in [0.717, 1.165) is 42.9 Å². The van der Waals surface area contributed by atoms with Crippen LogP contribution in [0.25, 0.3) is 16.5 Å². The molecule has 238 valence electrons. The molecule has 5 heteroatoms. The quantitative estimate of drug-likeness (QED) is 0.170. The number of Topliss-reactive ketones (excluding diaryl/α,β-unsaturated/α-hetero) is 1. The van der Waals surface area contributed by atoms with E-state index in [-0.39, 0.29) is 5.78 Å². The smallest absolute Gasteiger partial charge is 0.130 e. The van der Waals surface area contributed by atoms with Crippen LogP contribution in [0.3, 0.4) is 0 Å². The number of nitrogens with one attached hydrogen (secondary N) is 1. The maximum absolute atomic E-state index is 10.8. The minimum atomic E-state index is 0.239. The lowest BCUT2D eigenvalue weighted by Gasteiger charge is -2.30. The van der Waals surface area contributed by atoms with E-state index in [2.05, 4.69) is 82.8 Å². The number of hydrogen-bond donors (Lipinski definition) is 2. The minimum absolute atomic E-state index is 0.239. The molecule has 2 heterocycles. The normalized spacial score (nSPS) is 16.9. The molecule has 3 N–H and O–H groups in total. The van der Waals surface area contributed by atoms with E-state index in [1.54, 1.807) is 13.2 Å². The number of benzene rings is 1. The summed E-state index contributed by atoms with van der Waals surface area (Å²) in [5.74, 6) is 1.71. The largest absolute Gasteiger partial charge is 0.472 e. The van der Waals surface area contributed by atoms with E-state index < -0.39 is 0 Å². The van der Waals surface area contributed by atoms with Crippen LogP contribution in [-0.2, 0) is 11.2 Å². The van der Waals surface area contributed by atoms with E-state index in [9.17, 15) is 4.79 Å². The van der Waals surface area contributed by atoms with Crippen molar-refractivity contribution in [2.24, 2.45) is 22.6 Å². The third kappa shape index (κ3) is 12.4. The van der Waals surface area contributed by atoms with Gasteiger partial charge in [-0.2, -0.15) is 0 Å². The molecule has 0 bridgehead atoms. The van der Waals surface area contributed by atoms with Crippen molar-refractivity contribution in [3.8, 4) is 0 Å². The number of furan rings is 1. The van der Waals surface area contributed by atoms with Crippen LogP contribution < -0.4 is 5.73 Å². The van der Waals surface area contributed by atoms with Gasteiger partial charge in [0.2, 0.25) is 0 Å². The summed E-state index contributed by atoms with van der Waals surface area (Å²) in [6.45, 7) is 21.1. The Balaban J connectivity index is 0.000000329.